The Kier molecular flexibility index (Phi) is 7.57. The van der Waals surface area contributed by atoms with Crippen LogP contribution < -0.4 is 24.6 Å². The fourth-order valence-corrected chi connectivity index (χ4v) is 4.13. The highest BCUT2D eigenvalue weighted by Gasteiger charge is 2.27. The van der Waals surface area contributed by atoms with E-state index in [0.717, 1.165) is 18.7 Å². The average Bonchev–Trinajstić information content (AvgIpc) is 3.28. The number of quaternary nitrogens is 1. The lowest BCUT2D eigenvalue weighted by atomic mass is 10.0. The summed E-state index contributed by atoms with van der Waals surface area (Å²) in [6.45, 7) is 2.96. The van der Waals surface area contributed by atoms with Crippen LogP contribution in [0.25, 0.3) is 0 Å². The third kappa shape index (κ3) is 5.45. The third-order valence-electron chi connectivity index (χ3n) is 5.87. The number of nitrogens with zero attached hydrogens (tertiary/aromatic N) is 1. The first-order valence-corrected chi connectivity index (χ1v) is 10.6. The lowest BCUT2D eigenvalue weighted by Crippen LogP contribution is -3.11. The van der Waals surface area contributed by atoms with Gasteiger partial charge in [0.05, 0.1) is 40.3 Å². The van der Waals surface area contributed by atoms with E-state index in [1.807, 2.05) is 32.3 Å². The van der Waals surface area contributed by atoms with Crippen LogP contribution in [0.4, 0.5) is 5.69 Å². The predicted octanol–water partition coefficient (Wildman–Crippen LogP) is 1.85. The van der Waals surface area contributed by atoms with Crippen molar-refractivity contribution in [2.24, 2.45) is 0 Å². The Morgan fingerprint density at radius 1 is 1.03 bits per heavy atom. The van der Waals surface area contributed by atoms with Crippen molar-refractivity contribution in [3.63, 3.8) is 0 Å². The number of methoxy groups -OCH3 is 2. The molecule has 0 saturated carbocycles. The summed E-state index contributed by atoms with van der Waals surface area (Å²) in [5.74, 6) is 1.33. The van der Waals surface area contributed by atoms with Gasteiger partial charge < -0.3 is 24.6 Å². The number of amides is 1. The number of likely N-dealkylation sites (tertiary alicyclic amines) is 1. The lowest BCUT2D eigenvalue weighted by molar-refractivity contribution is -0.918. The number of hydrogen-bond acceptors (Lipinski definition) is 4. The van der Waals surface area contributed by atoms with Crippen molar-refractivity contribution < 1.29 is 19.2 Å². The summed E-state index contributed by atoms with van der Waals surface area (Å²) < 4.78 is 10.6. The highest BCUT2D eigenvalue weighted by atomic mass is 16.5. The molecular weight excluding hydrogens is 378 g/mol. The van der Waals surface area contributed by atoms with Crippen LogP contribution in [0.2, 0.25) is 0 Å². The molecule has 2 N–H and O–H groups in total. The molecule has 0 radical (unpaired) electrons. The van der Waals surface area contributed by atoms with Crippen molar-refractivity contribution in [1.82, 2.24) is 5.32 Å². The summed E-state index contributed by atoms with van der Waals surface area (Å²) in [5, 5.41) is 3.17. The van der Waals surface area contributed by atoms with E-state index in [4.69, 9.17) is 9.47 Å². The molecule has 0 aromatic heterocycles. The zero-order valence-corrected chi connectivity index (χ0v) is 18.5. The predicted molar refractivity (Wildman–Crippen MR) is 120 cm³/mol. The number of carbonyl (C=O) groups excluding carboxylic acids is 1. The topological polar surface area (TPSA) is 55.2 Å². The van der Waals surface area contributed by atoms with Crippen LogP contribution in [0.1, 0.15) is 30.0 Å². The van der Waals surface area contributed by atoms with Gasteiger partial charge in [-0.3, -0.25) is 4.79 Å². The zero-order valence-electron chi connectivity index (χ0n) is 18.5. The number of carbonyl (C=O) groups is 1. The third-order valence-corrected chi connectivity index (χ3v) is 5.87. The van der Waals surface area contributed by atoms with E-state index in [1.165, 1.54) is 24.1 Å². The molecule has 30 heavy (non-hydrogen) atoms. The van der Waals surface area contributed by atoms with E-state index in [2.05, 4.69) is 34.5 Å². The second-order valence-corrected chi connectivity index (χ2v) is 8.07. The van der Waals surface area contributed by atoms with Gasteiger partial charge in [0.2, 0.25) is 5.91 Å². The first-order chi connectivity index (χ1) is 14.5. The summed E-state index contributed by atoms with van der Waals surface area (Å²) in [4.78, 5) is 16.3. The van der Waals surface area contributed by atoms with E-state index < -0.39 is 0 Å². The Morgan fingerprint density at radius 3 is 2.30 bits per heavy atom. The molecule has 1 atom stereocenters. The minimum atomic E-state index is 0.0238. The van der Waals surface area contributed by atoms with Gasteiger partial charge in [-0.2, -0.15) is 0 Å². The van der Waals surface area contributed by atoms with Gasteiger partial charge in [0.25, 0.3) is 0 Å². The summed E-state index contributed by atoms with van der Waals surface area (Å²) >= 11 is 0. The van der Waals surface area contributed by atoms with Gasteiger partial charge in [-0.1, -0.05) is 18.2 Å². The normalized spacial score (nSPS) is 14.9. The van der Waals surface area contributed by atoms with Crippen LogP contribution in [-0.2, 0) is 11.2 Å². The Balaban J connectivity index is 1.65. The molecule has 1 amide bonds. The summed E-state index contributed by atoms with van der Waals surface area (Å²) in [5.41, 5.74) is 3.38. The maximum absolute atomic E-state index is 12.7. The molecule has 6 nitrogen and oxygen atoms in total. The van der Waals surface area contributed by atoms with Crippen molar-refractivity contribution in [2.45, 2.75) is 25.3 Å². The first kappa shape index (κ1) is 22.0. The molecule has 6 heteroatoms. The monoisotopic (exact) mass is 412 g/mol. The highest BCUT2D eigenvalue weighted by molar-refractivity contribution is 5.78. The molecule has 0 unspecified atom stereocenters. The molecular formula is C24H34N3O3+. The van der Waals surface area contributed by atoms with Gasteiger partial charge in [-0.15, -0.1) is 0 Å². The molecule has 1 saturated heterocycles. The minimum Gasteiger partial charge on any atom is -0.493 e. The number of ether oxygens (including phenoxy) is 2. The van der Waals surface area contributed by atoms with Crippen LogP contribution in [0.3, 0.4) is 0 Å². The van der Waals surface area contributed by atoms with Gasteiger partial charge in [-0.25, -0.2) is 0 Å². The number of nitrogens with one attached hydrogen (secondary N) is 2. The summed E-state index contributed by atoms with van der Waals surface area (Å²) in [6, 6.07) is 14.6. The van der Waals surface area contributed by atoms with Gasteiger partial charge in [0.15, 0.2) is 11.5 Å². The maximum Gasteiger partial charge on any atom is 0.224 e. The second-order valence-electron chi connectivity index (χ2n) is 8.07. The molecule has 1 aliphatic heterocycles. The molecule has 1 heterocycles. The van der Waals surface area contributed by atoms with Crippen LogP contribution in [-0.4, -0.2) is 53.9 Å². The Bertz CT molecular complexity index is 830. The smallest absolute Gasteiger partial charge is 0.224 e. The number of hydrogen-bond donors (Lipinski definition) is 2. The molecule has 1 fully saturated rings. The molecule has 0 bridgehead atoms. The fourth-order valence-electron chi connectivity index (χ4n) is 4.13. The van der Waals surface area contributed by atoms with Gasteiger partial charge in [0.1, 0.15) is 6.04 Å². The largest absolute Gasteiger partial charge is 0.493 e. The fraction of sp³-hybridized carbons (Fsp3) is 0.458. The van der Waals surface area contributed by atoms with Gasteiger partial charge in [-0.05, 0) is 29.8 Å². The number of rotatable bonds is 9. The highest BCUT2D eigenvalue weighted by Crippen LogP contribution is 2.27. The Labute approximate surface area is 179 Å². The van der Waals surface area contributed by atoms with Crippen molar-refractivity contribution in [2.75, 3.05) is 52.8 Å². The van der Waals surface area contributed by atoms with Crippen molar-refractivity contribution in [1.29, 1.82) is 0 Å². The van der Waals surface area contributed by atoms with Crippen LogP contribution in [0.5, 0.6) is 11.5 Å². The van der Waals surface area contributed by atoms with Gasteiger partial charge >= 0.3 is 0 Å². The van der Waals surface area contributed by atoms with E-state index in [0.29, 0.717) is 24.5 Å². The van der Waals surface area contributed by atoms with Crippen LogP contribution in [0.15, 0.2) is 42.5 Å². The van der Waals surface area contributed by atoms with Crippen molar-refractivity contribution >= 4 is 11.6 Å². The quantitative estimate of drug-likeness (QED) is 0.660. The molecule has 2 aromatic carbocycles. The average molecular weight is 413 g/mol. The summed E-state index contributed by atoms with van der Waals surface area (Å²) in [7, 11) is 7.31. The SMILES string of the molecule is COc1ccc(CC(=O)NC[C@H](c2ccc(N(C)C)cc2)[NH+]2CCCC2)cc1OC. The van der Waals surface area contributed by atoms with E-state index in [9.17, 15) is 4.79 Å². The number of benzene rings is 2. The zero-order chi connectivity index (χ0) is 21.5. The maximum atomic E-state index is 12.7. The molecule has 0 spiro atoms. The van der Waals surface area contributed by atoms with E-state index in [-0.39, 0.29) is 11.9 Å². The lowest BCUT2D eigenvalue weighted by Gasteiger charge is -2.26. The van der Waals surface area contributed by atoms with E-state index >= 15 is 0 Å². The standard InChI is InChI=1S/C24H33N3O3/c1-26(2)20-10-8-19(9-11-20)21(27-13-5-6-14-27)17-25-24(28)16-18-7-12-22(29-3)23(15-18)30-4/h7-12,15,21H,5-6,13-14,16-17H2,1-4H3,(H,25,28)/p+1/t21-/m1/s1. The Morgan fingerprint density at radius 2 is 1.70 bits per heavy atom. The van der Waals surface area contributed by atoms with E-state index in [1.54, 1.807) is 19.1 Å². The molecule has 1 aliphatic rings. The summed E-state index contributed by atoms with van der Waals surface area (Å²) in [6.07, 6.45) is 2.82. The second kappa shape index (κ2) is 10.3. The molecule has 2 aromatic rings. The van der Waals surface area contributed by atoms with Gasteiger partial charge in [0, 0.05) is 38.2 Å². The van der Waals surface area contributed by atoms with Crippen molar-refractivity contribution in [3.8, 4) is 11.5 Å². The minimum absolute atomic E-state index is 0.0238. The Hall–Kier alpha value is -2.73. The molecule has 0 aliphatic carbocycles. The van der Waals surface area contributed by atoms with Crippen LogP contribution >= 0.6 is 0 Å². The first-order valence-electron chi connectivity index (χ1n) is 10.6. The molecule has 162 valence electrons. The number of anilines is 1. The van der Waals surface area contributed by atoms with Crippen molar-refractivity contribution in [3.05, 3.63) is 53.6 Å². The van der Waals surface area contributed by atoms with Crippen LogP contribution in [0, 0.1) is 0 Å². The molecule has 3 rings (SSSR count).